The van der Waals surface area contributed by atoms with Crippen LogP contribution in [0.3, 0.4) is 0 Å². The fraction of sp³-hybridized carbons (Fsp3) is 0.435. The fourth-order valence-corrected chi connectivity index (χ4v) is 4.21. The van der Waals surface area contributed by atoms with Crippen LogP contribution < -0.4 is 5.32 Å². The van der Waals surface area contributed by atoms with Gasteiger partial charge >= 0.3 is 0 Å². The summed E-state index contributed by atoms with van der Waals surface area (Å²) in [6.07, 6.45) is 6.91. The number of carbonyl (C=O) groups is 2. The molecule has 6 heteroatoms. The minimum atomic E-state index is -0.445. The third kappa shape index (κ3) is 4.32. The number of hydrogen-bond acceptors (Lipinski definition) is 4. The first-order valence-corrected chi connectivity index (χ1v) is 10.4. The molecule has 2 aliphatic heterocycles. The van der Waals surface area contributed by atoms with Crippen LogP contribution in [0.2, 0.25) is 0 Å². The van der Waals surface area contributed by atoms with Crippen LogP contribution in [0.15, 0.2) is 48.8 Å². The molecule has 4 rings (SSSR count). The number of anilines is 1. The maximum Gasteiger partial charge on any atom is 0.253 e. The Morgan fingerprint density at radius 1 is 1.17 bits per heavy atom. The number of ether oxygens (including phenoxy) is 1. The van der Waals surface area contributed by atoms with Crippen molar-refractivity contribution in [3.63, 3.8) is 0 Å². The van der Waals surface area contributed by atoms with Gasteiger partial charge in [-0.25, -0.2) is 0 Å². The van der Waals surface area contributed by atoms with Crippen molar-refractivity contribution in [2.45, 2.75) is 50.7 Å². The number of likely N-dealkylation sites (tertiary alicyclic amines) is 1. The lowest BCUT2D eigenvalue weighted by atomic mass is 9.88. The van der Waals surface area contributed by atoms with E-state index in [0.29, 0.717) is 25.2 Å². The zero-order valence-corrected chi connectivity index (χ0v) is 16.8. The molecule has 1 aromatic carbocycles. The molecule has 0 saturated carbocycles. The maximum atomic E-state index is 12.8. The SMILES string of the molecule is CCc1ccc(C(=O)N2CCC3(CCC(C(=O)Nc4cccnc4)O3)CC2)cc1. The topological polar surface area (TPSA) is 71.5 Å². The summed E-state index contributed by atoms with van der Waals surface area (Å²) < 4.78 is 6.22. The van der Waals surface area contributed by atoms with Gasteiger partial charge in [0, 0.05) is 24.8 Å². The summed E-state index contributed by atoms with van der Waals surface area (Å²) in [5.41, 5.74) is 2.35. The molecule has 29 heavy (non-hydrogen) atoms. The summed E-state index contributed by atoms with van der Waals surface area (Å²) >= 11 is 0. The molecule has 2 aliphatic rings. The summed E-state index contributed by atoms with van der Waals surface area (Å²) in [5, 5.41) is 2.87. The second kappa shape index (κ2) is 8.33. The Labute approximate surface area is 171 Å². The average Bonchev–Trinajstić information content (AvgIpc) is 3.18. The van der Waals surface area contributed by atoms with E-state index in [4.69, 9.17) is 4.74 Å². The Morgan fingerprint density at radius 3 is 2.59 bits per heavy atom. The number of aryl methyl sites for hydroxylation is 1. The molecule has 152 valence electrons. The smallest absolute Gasteiger partial charge is 0.253 e. The second-order valence-electron chi connectivity index (χ2n) is 7.90. The van der Waals surface area contributed by atoms with Gasteiger partial charge in [0.25, 0.3) is 11.8 Å². The summed E-state index contributed by atoms with van der Waals surface area (Å²) in [6.45, 7) is 3.42. The first kappa shape index (κ1) is 19.6. The Kier molecular flexibility index (Phi) is 5.62. The van der Waals surface area contributed by atoms with Crippen molar-refractivity contribution in [2.75, 3.05) is 18.4 Å². The molecule has 1 N–H and O–H groups in total. The number of aromatic nitrogens is 1. The van der Waals surface area contributed by atoms with Gasteiger partial charge in [-0.2, -0.15) is 0 Å². The highest BCUT2D eigenvalue weighted by molar-refractivity contribution is 5.95. The molecular weight excluding hydrogens is 366 g/mol. The third-order valence-corrected chi connectivity index (χ3v) is 6.05. The number of amides is 2. The molecule has 0 radical (unpaired) electrons. The van der Waals surface area contributed by atoms with Crippen LogP contribution in [-0.4, -0.2) is 46.5 Å². The van der Waals surface area contributed by atoms with Gasteiger partial charge in [-0.1, -0.05) is 19.1 Å². The van der Waals surface area contributed by atoms with Crippen molar-refractivity contribution in [3.05, 3.63) is 59.9 Å². The standard InChI is InChI=1S/C23H27N3O3/c1-2-17-5-7-18(8-6-17)22(28)26-14-11-23(12-15-26)10-9-20(29-23)21(27)25-19-4-3-13-24-16-19/h3-8,13,16,20H,2,9-12,14-15H2,1H3,(H,25,27). The van der Waals surface area contributed by atoms with E-state index in [9.17, 15) is 9.59 Å². The average molecular weight is 393 g/mol. The van der Waals surface area contributed by atoms with E-state index in [1.165, 1.54) is 5.56 Å². The zero-order valence-electron chi connectivity index (χ0n) is 16.8. The number of hydrogen-bond donors (Lipinski definition) is 1. The second-order valence-corrected chi connectivity index (χ2v) is 7.90. The number of nitrogens with one attached hydrogen (secondary N) is 1. The minimum absolute atomic E-state index is 0.0753. The molecule has 1 unspecified atom stereocenters. The molecule has 1 aromatic heterocycles. The number of piperidine rings is 1. The molecule has 2 aromatic rings. The number of carbonyl (C=O) groups excluding carboxylic acids is 2. The van der Waals surface area contributed by atoms with E-state index in [1.807, 2.05) is 35.2 Å². The summed E-state index contributed by atoms with van der Waals surface area (Å²) in [7, 11) is 0. The molecule has 2 fully saturated rings. The first-order chi connectivity index (χ1) is 14.1. The molecule has 0 aliphatic carbocycles. The predicted octanol–water partition coefficient (Wildman–Crippen LogP) is 3.44. The van der Waals surface area contributed by atoms with Crippen LogP contribution in [0.1, 0.15) is 48.5 Å². The lowest BCUT2D eigenvalue weighted by Gasteiger charge is -2.39. The Hall–Kier alpha value is -2.73. The lowest BCUT2D eigenvalue weighted by molar-refractivity contribution is -0.135. The van der Waals surface area contributed by atoms with E-state index in [0.717, 1.165) is 31.2 Å². The van der Waals surface area contributed by atoms with Crippen LogP contribution in [0.25, 0.3) is 0 Å². The van der Waals surface area contributed by atoms with Gasteiger partial charge in [0.1, 0.15) is 6.10 Å². The predicted molar refractivity (Wildman–Crippen MR) is 111 cm³/mol. The van der Waals surface area contributed by atoms with Crippen molar-refractivity contribution in [1.29, 1.82) is 0 Å². The quantitative estimate of drug-likeness (QED) is 0.864. The van der Waals surface area contributed by atoms with E-state index in [1.54, 1.807) is 18.5 Å². The summed E-state index contributed by atoms with van der Waals surface area (Å²) in [4.78, 5) is 31.2. The highest BCUT2D eigenvalue weighted by Gasteiger charge is 2.45. The molecular formula is C23H27N3O3. The van der Waals surface area contributed by atoms with Gasteiger partial charge < -0.3 is 15.0 Å². The van der Waals surface area contributed by atoms with Gasteiger partial charge in [-0.05, 0) is 61.9 Å². The summed E-state index contributed by atoms with van der Waals surface area (Å²) in [5.74, 6) is -0.0456. The van der Waals surface area contributed by atoms with Gasteiger partial charge in [0.15, 0.2) is 0 Å². The number of nitrogens with zero attached hydrogens (tertiary/aromatic N) is 2. The molecule has 1 spiro atoms. The molecule has 2 saturated heterocycles. The molecule has 6 nitrogen and oxygen atoms in total. The monoisotopic (exact) mass is 393 g/mol. The normalized spacial score (nSPS) is 20.6. The lowest BCUT2D eigenvalue weighted by Crippen LogP contribution is -2.47. The van der Waals surface area contributed by atoms with E-state index in [2.05, 4.69) is 17.2 Å². The first-order valence-electron chi connectivity index (χ1n) is 10.4. The van der Waals surface area contributed by atoms with Gasteiger partial charge in [0.05, 0.1) is 17.5 Å². The maximum absolute atomic E-state index is 12.8. The van der Waals surface area contributed by atoms with Crippen LogP contribution in [-0.2, 0) is 16.0 Å². The largest absolute Gasteiger partial charge is 0.362 e. The van der Waals surface area contributed by atoms with Gasteiger partial charge in [-0.3, -0.25) is 14.6 Å². The fourth-order valence-electron chi connectivity index (χ4n) is 4.21. The highest BCUT2D eigenvalue weighted by Crippen LogP contribution is 2.39. The van der Waals surface area contributed by atoms with Crippen molar-refractivity contribution in [1.82, 2.24) is 9.88 Å². The summed E-state index contributed by atoms with van der Waals surface area (Å²) in [6, 6.07) is 11.5. The van der Waals surface area contributed by atoms with Crippen molar-refractivity contribution >= 4 is 17.5 Å². The van der Waals surface area contributed by atoms with Gasteiger partial charge in [0.2, 0.25) is 0 Å². The van der Waals surface area contributed by atoms with Gasteiger partial charge in [-0.15, -0.1) is 0 Å². The van der Waals surface area contributed by atoms with Crippen molar-refractivity contribution < 1.29 is 14.3 Å². The van der Waals surface area contributed by atoms with Crippen LogP contribution in [0.4, 0.5) is 5.69 Å². The van der Waals surface area contributed by atoms with E-state index >= 15 is 0 Å². The van der Waals surface area contributed by atoms with Crippen molar-refractivity contribution in [3.8, 4) is 0 Å². The molecule has 3 heterocycles. The van der Waals surface area contributed by atoms with Crippen LogP contribution in [0, 0.1) is 0 Å². The Balaban J connectivity index is 1.32. The number of pyridine rings is 1. The molecule has 0 bridgehead atoms. The van der Waals surface area contributed by atoms with Crippen LogP contribution >= 0.6 is 0 Å². The molecule has 2 amide bonds. The van der Waals surface area contributed by atoms with Crippen LogP contribution in [0.5, 0.6) is 0 Å². The highest BCUT2D eigenvalue weighted by atomic mass is 16.5. The zero-order chi connectivity index (χ0) is 20.3. The third-order valence-electron chi connectivity index (χ3n) is 6.05. The minimum Gasteiger partial charge on any atom is -0.362 e. The molecule has 1 atom stereocenters. The Morgan fingerprint density at radius 2 is 1.93 bits per heavy atom. The van der Waals surface area contributed by atoms with Crippen molar-refractivity contribution in [2.24, 2.45) is 0 Å². The Bertz CT molecular complexity index is 859. The van der Waals surface area contributed by atoms with E-state index < -0.39 is 6.10 Å². The number of rotatable bonds is 4. The number of benzene rings is 1. The van der Waals surface area contributed by atoms with E-state index in [-0.39, 0.29) is 17.4 Å².